The van der Waals surface area contributed by atoms with Gasteiger partial charge in [-0.1, -0.05) is 11.6 Å². The highest BCUT2D eigenvalue weighted by atomic mass is 35.5. The van der Waals surface area contributed by atoms with E-state index in [0.29, 0.717) is 18.3 Å². The molecule has 4 aliphatic carbocycles. The van der Waals surface area contributed by atoms with Crippen LogP contribution in [0.2, 0.25) is 5.02 Å². The van der Waals surface area contributed by atoms with Crippen molar-refractivity contribution >= 4 is 29.2 Å². The van der Waals surface area contributed by atoms with E-state index in [1.54, 1.807) is 0 Å². The summed E-state index contributed by atoms with van der Waals surface area (Å²) in [5.74, 6) is -0.725. The quantitative estimate of drug-likeness (QED) is 0.762. The molecule has 0 aliphatic heterocycles. The van der Waals surface area contributed by atoms with Gasteiger partial charge in [-0.25, -0.2) is 4.39 Å². The Labute approximate surface area is 162 Å². The first kappa shape index (κ1) is 18.7. The average Bonchev–Trinajstić information content (AvgIpc) is 2.55. The predicted octanol–water partition coefficient (Wildman–Crippen LogP) is 3.68. The molecule has 4 aliphatic rings. The second kappa shape index (κ2) is 6.45. The summed E-state index contributed by atoms with van der Waals surface area (Å²) in [6, 6.07) is 3.65. The van der Waals surface area contributed by atoms with Crippen LogP contribution in [0.5, 0.6) is 0 Å². The second-order valence-corrected chi connectivity index (χ2v) is 9.03. The third kappa shape index (κ3) is 3.45. The van der Waals surface area contributed by atoms with Gasteiger partial charge in [0.15, 0.2) is 6.10 Å². The molecule has 2 N–H and O–H groups in total. The lowest BCUT2D eigenvalue weighted by molar-refractivity contribution is -0.199. The number of halogens is 2. The maximum atomic E-state index is 13.1. The molecule has 3 unspecified atom stereocenters. The molecule has 4 saturated carbocycles. The molecule has 146 valence electrons. The van der Waals surface area contributed by atoms with Crippen LogP contribution in [0, 0.1) is 23.1 Å². The van der Waals surface area contributed by atoms with Crippen molar-refractivity contribution < 1.29 is 23.8 Å². The number of carbonyl (C=O) groups excluding carboxylic acids is 2. The monoisotopic (exact) mass is 395 g/mol. The molecule has 7 heteroatoms. The highest BCUT2D eigenvalue weighted by Gasteiger charge is 2.61. The normalized spacial score (nSPS) is 35.0. The standard InChI is InChI=1S/C20H23ClFNO4/c1-11(17(24)23-16-3-2-14(22)5-15(16)21)27-18(25)19-6-12-4-13(7-19)9-20(26,8-12)10-19/h2-3,5,11-13,26H,4,6-10H2,1H3,(H,23,24). The van der Waals surface area contributed by atoms with E-state index in [9.17, 15) is 19.1 Å². The number of ether oxygens (including phenoxy) is 1. The van der Waals surface area contributed by atoms with Crippen LogP contribution in [0.25, 0.3) is 0 Å². The first-order valence-electron chi connectivity index (χ1n) is 9.37. The van der Waals surface area contributed by atoms with E-state index in [4.69, 9.17) is 16.3 Å². The van der Waals surface area contributed by atoms with Crippen molar-refractivity contribution in [2.75, 3.05) is 5.32 Å². The predicted molar refractivity (Wildman–Crippen MR) is 97.7 cm³/mol. The lowest BCUT2D eigenvalue weighted by atomic mass is 9.48. The Morgan fingerprint density at radius 3 is 2.56 bits per heavy atom. The highest BCUT2D eigenvalue weighted by Crippen LogP contribution is 2.62. The Bertz CT molecular complexity index is 784. The fraction of sp³-hybridized carbons (Fsp3) is 0.600. The van der Waals surface area contributed by atoms with E-state index < -0.39 is 34.8 Å². The maximum Gasteiger partial charge on any atom is 0.312 e. The number of hydrogen-bond donors (Lipinski definition) is 2. The van der Waals surface area contributed by atoms with Crippen LogP contribution in [0.15, 0.2) is 18.2 Å². The zero-order valence-corrected chi connectivity index (χ0v) is 15.9. The topological polar surface area (TPSA) is 75.6 Å². The second-order valence-electron chi connectivity index (χ2n) is 8.63. The number of carbonyl (C=O) groups is 2. The summed E-state index contributed by atoms with van der Waals surface area (Å²) in [6.45, 7) is 1.50. The van der Waals surface area contributed by atoms with Gasteiger partial charge in [0, 0.05) is 0 Å². The molecule has 27 heavy (non-hydrogen) atoms. The van der Waals surface area contributed by atoms with Crippen molar-refractivity contribution in [3.8, 4) is 0 Å². The fourth-order valence-corrected chi connectivity index (χ4v) is 5.83. The van der Waals surface area contributed by atoms with Crippen LogP contribution in [0.4, 0.5) is 10.1 Å². The minimum absolute atomic E-state index is 0.0742. The molecule has 1 aromatic rings. The first-order valence-corrected chi connectivity index (χ1v) is 9.75. The number of aliphatic hydroxyl groups is 1. The molecule has 0 heterocycles. The first-order chi connectivity index (χ1) is 12.7. The highest BCUT2D eigenvalue weighted by molar-refractivity contribution is 6.33. The van der Waals surface area contributed by atoms with E-state index in [2.05, 4.69) is 5.32 Å². The van der Waals surface area contributed by atoms with Crippen LogP contribution in [0.3, 0.4) is 0 Å². The van der Waals surface area contributed by atoms with E-state index in [-0.39, 0.29) is 10.7 Å². The van der Waals surface area contributed by atoms with Crippen LogP contribution in [-0.4, -0.2) is 28.7 Å². The molecule has 3 atom stereocenters. The SMILES string of the molecule is CC(OC(=O)C12CC3CC(CC(O)(C3)C1)C2)C(=O)Nc1ccc(F)cc1Cl. The van der Waals surface area contributed by atoms with E-state index in [1.807, 2.05) is 0 Å². The summed E-state index contributed by atoms with van der Waals surface area (Å²) in [6.07, 6.45) is 3.45. The number of rotatable bonds is 4. The third-order valence-corrected chi connectivity index (χ3v) is 6.62. The zero-order valence-electron chi connectivity index (χ0n) is 15.1. The van der Waals surface area contributed by atoms with Crippen molar-refractivity contribution in [3.63, 3.8) is 0 Å². The molecule has 1 amide bonds. The van der Waals surface area contributed by atoms with Crippen molar-refractivity contribution in [2.45, 2.75) is 57.2 Å². The van der Waals surface area contributed by atoms with Crippen LogP contribution < -0.4 is 5.32 Å². The van der Waals surface area contributed by atoms with Crippen LogP contribution in [0.1, 0.15) is 45.4 Å². The number of anilines is 1. The number of amides is 1. The van der Waals surface area contributed by atoms with E-state index >= 15 is 0 Å². The number of nitrogens with one attached hydrogen (secondary N) is 1. The Morgan fingerprint density at radius 2 is 1.96 bits per heavy atom. The molecule has 4 bridgehead atoms. The molecule has 1 aromatic carbocycles. The van der Waals surface area contributed by atoms with Gasteiger partial charge in [0.1, 0.15) is 5.82 Å². The summed E-state index contributed by atoms with van der Waals surface area (Å²) in [4.78, 5) is 25.3. The minimum Gasteiger partial charge on any atom is -0.452 e. The Balaban J connectivity index is 1.42. The lowest BCUT2D eigenvalue weighted by Gasteiger charge is -2.58. The van der Waals surface area contributed by atoms with Gasteiger partial charge in [0.05, 0.1) is 21.7 Å². The maximum absolute atomic E-state index is 13.1. The van der Waals surface area contributed by atoms with E-state index in [0.717, 1.165) is 38.2 Å². The van der Waals surface area contributed by atoms with E-state index in [1.165, 1.54) is 19.1 Å². The summed E-state index contributed by atoms with van der Waals surface area (Å²) < 4.78 is 18.6. The van der Waals surface area contributed by atoms with Gasteiger partial charge in [-0.15, -0.1) is 0 Å². The van der Waals surface area contributed by atoms with Gasteiger partial charge in [0.25, 0.3) is 5.91 Å². The molecule has 0 spiro atoms. The molecule has 0 radical (unpaired) electrons. The molecule has 5 nitrogen and oxygen atoms in total. The molecule has 0 saturated heterocycles. The van der Waals surface area contributed by atoms with Gasteiger partial charge in [0.2, 0.25) is 0 Å². The van der Waals surface area contributed by atoms with Crippen molar-refractivity contribution in [2.24, 2.45) is 17.3 Å². The summed E-state index contributed by atoms with van der Waals surface area (Å²) in [5, 5.41) is 13.4. The zero-order chi connectivity index (χ0) is 19.4. The van der Waals surface area contributed by atoms with Crippen molar-refractivity contribution in [1.29, 1.82) is 0 Å². The Hall–Kier alpha value is -1.66. The number of esters is 1. The summed E-state index contributed by atoms with van der Waals surface area (Å²) in [7, 11) is 0. The molecule has 4 fully saturated rings. The largest absolute Gasteiger partial charge is 0.452 e. The minimum atomic E-state index is -1.01. The van der Waals surface area contributed by atoms with Gasteiger partial charge in [-0.2, -0.15) is 0 Å². The Kier molecular flexibility index (Phi) is 4.47. The van der Waals surface area contributed by atoms with Gasteiger partial charge in [-0.05, 0) is 75.5 Å². The number of benzene rings is 1. The fourth-order valence-electron chi connectivity index (χ4n) is 5.62. The summed E-state index contributed by atoms with van der Waals surface area (Å²) in [5.41, 5.74) is -1.19. The van der Waals surface area contributed by atoms with Crippen LogP contribution >= 0.6 is 11.6 Å². The smallest absolute Gasteiger partial charge is 0.312 e. The molecule has 0 aromatic heterocycles. The van der Waals surface area contributed by atoms with Gasteiger partial charge >= 0.3 is 5.97 Å². The molecular weight excluding hydrogens is 373 g/mol. The average molecular weight is 396 g/mol. The van der Waals surface area contributed by atoms with Gasteiger partial charge < -0.3 is 15.2 Å². The van der Waals surface area contributed by atoms with Gasteiger partial charge in [-0.3, -0.25) is 9.59 Å². The lowest BCUT2D eigenvalue weighted by Crippen LogP contribution is -2.59. The molecule has 5 rings (SSSR count). The third-order valence-electron chi connectivity index (χ3n) is 6.31. The Morgan fingerprint density at radius 1 is 1.30 bits per heavy atom. The number of hydrogen-bond acceptors (Lipinski definition) is 4. The van der Waals surface area contributed by atoms with Crippen molar-refractivity contribution in [1.82, 2.24) is 0 Å². The van der Waals surface area contributed by atoms with Crippen LogP contribution in [-0.2, 0) is 14.3 Å². The van der Waals surface area contributed by atoms with Crippen molar-refractivity contribution in [3.05, 3.63) is 29.0 Å². The molecular formula is C20H23ClFNO4. The summed E-state index contributed by atoms with van der Waals surface area (Å²) >= 11 is 5.92.